The topological polar surface area (TPSA) is 77.0 Å². The fourth-order valence-corrected chi connectivity index (χ4v) is 4.63. The average molecular weight is 326 g/mol. The van der Waals surface area contributed by atoms with Gasteiger partial charge in [0.15, 0.2) is 0 Å². The summed E-state index contributed by atoms with van der Waals surface area (Å²) in [6, 6.07) is 0.891. The zero-order valence-corrected chi connectivity index (χ0v) is 14.6. The van der Waals surface area contributed by atoms with Crippen LogP contribution < -0.4 is 5.32 Å². The molecule has 1 unspecified atom stereocenters. The largest absolute Gasteiger partial charge is 0.500 e. The molecule has 20 heavy (non-hydrogen) atoms. The lowest BCUT2D eigenvalue weighted by atomic mass is 10.3. The van der Waals surface area contributed by atoms with Crippen molar-refractivity contribution >= 4 is 26.5 Å². The van der Waals surface area contributed by atoms with Gasteiger partial charge in [0, 0.05) is 45.6 Å². The molecule has 0 aliphatic carbocycles. The smallest absolute Gasteiger partial charge is 0.396 e. The van der Waals surface area contributed by atoms with Gasteiger partial charge in [0.1, 0.15) is 0 Å². The molecule has 0 bridgehead atoms. The van der Waals surface area contributed by atoms with E-state index in [-0.39, 0.29) is 25.0 Å². The van der Waals surface area contributed by atoms with Crippen LogP contribution in [0.3, 0.4) is 0 Å². The number of hydrogen-bond donors (Lipinski definition) is 2. The molecule has 0 heterocycles. The third-order valence-electron chi connectivity index (χ3n) is 2.82. The van der Waals surface area contributed by atoms with Crippen molar-refractivity contribution in [2.75, 3.05) is 39.4 Å². The van der Waals surface area contributed by atoms with Crippen molar-refractivity contribution in [1.82, 2.24) is 5.32 Å². The van der Waals surface area contributed by atoms with Gasteiger partial charge in [0.25, 0.3) is 0 Å². The Morgan fingerprint density at radius 2 is 1.90 bits per heavy atom. The fourth-order valence-electron chi connectivity index (χ4n) is 1.70. The van der Waals surface area contributed by atoms with Crippen LogP contribution in [0, 0.1) is 0 Å². The number of aliphatic hydroxyl groups is 1. The summed E-state index contributed by atoms with van der Waals surface area (Å²) in [5.41, 5.74) is 0. The summed E-state index contributed by atoms with van der Waals surface area (Å²) < 4.78 is 16.0. The van der Waals surface area contributed by atoms with E-state index in [4.69, 9.17) is 18.4 Å². The SMILES string of the molecule is CO[Si](CCCSCC(C)NC(=O)CCO)(OC)OC. The maximum Gasteiger partial charge on any atom is 0.500 e. The van der Waals surface area contributed by atoms with E-state index >= 15 is 0 Å². The lowest BCUT2D eigenvalue weighted by Crippen LogP contribution is -2.42. The van der Waals surface area contributed by atoms with Crippen molar-refractivity contribution < 1.29 is 23.2 Å². The molecule has 0 aromatic rings. The molecular formula is C12H27NO5SSi. The van der Waals surface area contributed by atoms with Crippen molar-refractivity contribution in [2.45, 2.75) is 31.9 Å². The van der Waals surface area contributed by atoms with Crippen LogP contribution in [0.25, 0.3) is 0 Å². The third kappa shape index (κ3) is 8.23. The highest BCUT2D eigenvalue weighted by Gasteiger charge is 2.36. The monoisotopic (exact) mass is 325 g/mol. The van der Waals surface area contributed by atoms with Crippen molar-refractivity contribution in [3.63, 3.8) is 0 Å². The van der Waals surface area contributed by atoms with E-state index in [0.29, 0.717) is 0 Å². The van der Waals surface area contributed by atoms with Gasteiger partial charge >= 0.3 is 8.80 Å². The van der Waals surface area contributed by atoms with E-state index in [1.807, 2.05) is 6.92 Å². The molecule has 0 aliphatic rings. The van der Waals surface area contributed by atoms with Crippen LogP contribution in [0.4, 0.5) is 0 Å². The number of amides is 1. The Morgan fingerprint density at radius 3 is 2.40 bits per heavy atom. The van der Waals surface area contributed by atoms with E-state index in [0.717, 1.165) is 24.0 Å². The van der Waals surface area contributed by atoms with Crippen molar-refractivity contribution in [2.24, 2.45) is 0 Å². The van der Waals surface area contributed by atoms with Crippen LogP contribution in [0.15, 0.2) is 0 Å². The molecule has 0 aromatic heterocycles. The minimum Gasteiger partial charge on any atom is -0.396 e. The summed E-state index contributed by atoms with van der Waals surface area (Å²) in [6.45, 7) is 1.85. The van der Waals surface area contributed by atoms with Gasteiger partial charge in [0.05, 0.1) is 6.61 Å². The number of aliphatic hydroxyl groups excluding tert-OH is 1. The molecule has 0 spiro atoms. The maximum atomic E-state index is 11.3. The first-order valence-corrected chi connectivity index (χ1v) is 9.75. The highest BCUT2D eigenvalue weighted by molar-refractivity contribution is 7.99. The second kappa shape index (κ2) is 11.5. The minimum atomic E-state index is -2.44. The van der Waals surface area contributed by atoms with Crippen LogP contribution in [0.2, 0.25) is 6.04 Å². The Morgan fingerprint density at radius 1 is 1.30 bits per heavy atom. The summed E-state index contributed by atoms with van der Waals surface area (Å²) in [6.07, 6.45) is 1.11. The van der Waals surface area contributed by atoms with Crippen LogP contribution >= 0.6 is 11.8 Å². The number of rotatable bonds is 12. The number of carbonyl (C=O) groups excluding carboxylic acids is 1. The number of nitrogens with one attached hydrogen (secondary N) is 1. The predicted molar refractivity (Wildman–Crippen MR) is 82.8 cm³/mol. The standard InChI is InChI=1S/C12H27NO5SSi/c1-11(13-12(15)6-7-14)10-19-8-5-9-20(16-2,17-3)18-4/h11,14H,5-10H2,1-4H3,(H,13,15). The lowest BCUT2D eigenvalue weighted by molar-refractivity contribution is -0.122. The molecule has 0 radical (unpaired) electrons. The average Bonchev–Trinajstić information content (AvgIpc) is 2.43. The van der Waals surface area contributed by atoms with Gasteiger partial charge in [-0.05, 0) is 19.1 Å². The number of thioether (sulfide) groups is 1. The molecule has 0 rings (SSSR count). The van der Waals surface area contributed by atoms with Gasteiger partial charge in [-0.1, -0.05) is 0 Å². The summed E-state index contributed by atoms with van der Waals surface area (Å²) in [5.74, 6) is 1.70. The molecule has 1 atom stereocenters. The molecule has 0 aromatic carbocycles. The van der Waals surface area contributed by atoms with Crippen LogP contribution in [0.1, 0.15) is 19.8 Å². The molecule has 0 saturated carbocycles. The maximum absolute atomic E-state index is 11.3. The molecule has 1 amide bonds. The first-order valence-electron chi connectivity index (χ1n) is 6.67. The Bertz CT molecular complexity index is 258. The van der Waals surface area contributed by atoms with E-state index in [1.54, 1.807) is 33.1 Å². The highest BCUT2D eigenvalue weighted by Crippen LogP contribution is 2.17. The van der Waals surface area contributed by atoms with Crippen LogP contribution in [-0.4, -0.2) is 65.3 Å². The normalized spacial score (nSPS) is 13.2. The Labute approximate surface area is 126 Å². The molecular weight excluding hydrogens is 298 g/mol. The van der Waals surface area contributed by atoms with Gasteiger partial charge in [0.2, 0.25) is 5.91 Å². The van der Waals surface area contributed by atoms with Gasteiger partial charge in [-0.2, -0.15) is 11.8 Å². The Hall–Kier alpha value is -0.123. The molecule has 0 aliphatic heterocycles. The summed E-state index contributed by atoms with van der Waals surface area (Å²) in [7, 11) is 2.41. The molecule has 0 saturated heterocycles. The Balaban J connectivity index is 3.73. The third-order valence-corrected chi connectivity index (χ3v) is 6.96. The number of hydrogen-bond acceptors (Lipinski definition) is 6. The summed E-state index contributed by atoms with van der Waals surface area (Å²) in [5, 5.41) is 11.5. The first kappa shape index (κ1) is 19.9. The van der Waals surface area contributed by atoms with Crippen molar-refractivity contribution in [3.05, 3.63) is 0 Å². The zero-order chi connectivity index (χ0) is 15.4. The quantitative estimate of drug-likeness (QED) is 0.410. The van der Waals surface area contributed by atoms with Gasteiger partial charge in [-0.15, -0.1) is 0 Å². The minimum absolute atomic E-state index is 0.105. The zero-order valence-electron chi connectivity index (χ0n) is 12.8. The van der Waals surface area contributed by atoms with Crippen LogP contribution in [-0.2, 0) is 18.1 Å². The predicted octanol–water partition coefficient (Wildman–Crippen LogP) is 0.875. The van der Waals surface area contributed by atoms with E-state index in [9.17, 15) is 4.79 Å². The van der Waals surface area contributed by atoms with Crippen LogP contribution in [0.5, 0.6) is 0 Å². The van der Waals surface area contributed by atoms with Gasteiger partial charge in [-0.25, -0.2) is 0 Å². The first-order chi connectivity index (χ1) is 9.53. The molecule has 6 nitrogen and oxygen atoms in total. The van der Waals surface area contributed by atoms with Gasteiger partial charge < -0.3 is 23.7 Å². The second-order valence-electron chi connectivity index (χ2n) is 4.42. The second-order valence-corrected chi connectivity index (χ2v) is 8.66. The lowest BCUT2D eigenvalue weighted by Gasteiger charge is -2.24. The highest BCUT2D eigenvalue weighted by atomic mass is 32.2. The van der Waals surface area contributed by atoms with Crippen molar-refractivity contribution in [1.29, 1.82) is 0 Å². The molecule has 2 N–H and O–H groups in total. The van der Waals surface area contributed by atoms with Gasteiger partial charge in [-0.3, -0.25) is 4.79 Å². The van der Waals surface area contributed by atoms with E-state index < -0.39 is 8.80 Å². The Kier molecular flexibility index (Phi) is 11.5. The summed E-state index contributed by atoms with van der Waals surface area (Å²) in [4.78, 5) is 11.3. The van der Waals surface area contributed by atoms with E-state index in [1.165, 1.54) is 0 Å². The molecule has 8 heteroatoms. The summed E-state index contributed by atoms with van der Waals surface area (Å²) >= 11 is 1.77. The molecule has 120 valence electrons. The van der Waals surface area contributed by atoms with E-state index in [2.05, 4.69) is 5.32 Å². The van der Waals surface area contributed by atoms with Crippen molar-refractivity contribution in [3.8, 4) is 0 Å². The fraction of sp³-hybridized carbons (Fsp3) is 0.917. The molecule has 0 fully saturated rings. The number of carbonyl (C=O) groups is 1.